The van der Waals surface area contributed by atoms with E-state index in [0.717, 1.165) is 12.8 Å². The third-order valence-electron chi connectivity index (χ3n) is 5.57. The molecule has 150 valence electrons. The second kappa shape index (κ2) is 8.50. The van der Waals surface area contributed by atoms with Crippen LogP contribution in [0.2, 0.25) is 0 Å². The Hall–Kier alpha value is -3.10. The lowest BCUT2D eigenvalue weighted by atomic mass is 9.67. The summed E-state index contributed by atoms with van der Waals surface area (Å²) in [6, 6.07) is 9.29. The fourth-order valence-electron chi connectivity index (χ4n) is 4.10. The molecule has 1 aromatic rings. The maximum absolute atomic E-state index is 12.6. The van der Waals surface area contributed by atoms with Crippen molar-refractivity contribution in [3.05, 3.63) is 35.2 Å². The average molecular weight is 411 g/mol. The number of carbonyl (C=O) groups excluding carboxylic acids is 1. The summed E-state index contributed by atoms with van der Waals surface area (Å²) in [4.78, 5) is 13.0. The molecular formula is C21H21N3O4S. The molecule has 1 saturated carbocycles. The molecule has 1 aliphatic carbocycles. The molecule has 0 amide bonds. The van der Waals surface area contributed by atoms with E-state index in [1.165, 1.54) is 14.2 Å². The zero-order valence-electron chi connectivity index (χ0n) is 16.3. The Morgan fingerprint density at radius 1 is 1.24 bits per heavy atom. The zero-order valence-corrected chi connectivity index (χ0v) is 17.1. The number of nitrogens with zero attached hydrogens (tertiary/aromatic N) is 2. The summed E-state index contributed by atoms with van der Waals surface area (Å²) < 4.78 is 16.1. The second-order valence-electron chi connectivity index (χ2n) is 7.01. The fourth-order valence-corrected chi connectivity index (χ4v) is 4.47. The number of ether oxygens (including phenoxy) is 3. The van der Waals surface area contributed by atoms with Crippen LogP contribution in [0.3, 0.4) is 0 Å². The minimum atomic E-state index is -0.631. The molecule has 0 bridgehead atoms. The monoisotopic (exact) mass is 411 g/mol. The maximum Gasteiger partial charge on any atom is 0.206 e. The molecule has 1 aliphatic heterocycles. The first kappa shape index (κ1) is 20.6. The van der Waals surface area contributed by atoms with Crippen LogP contribution in [-0.4, -0.2) is 31.6 Å². The van der Waals surface area contributed by atoms with Crippen molar-refractivity contribution in [1.82, 2.24) is 5.32 Å². The van der Waals surface area contributed by atoms with E-state index in [1.54, 1.807) is 18.2 Å². The van der Waals surface area contributed by atoms with Gasteiger partial charge in [0.25, 0.3) is 0 Å². The Balaban J connectivity index is 1.85. The van der Waals surface area contributed by atoms with E-state index in [9.17, 15) is 15.3 Å². The maximum atomic E-state index is 12.6. The van der Waals surface area contributed by atoms with Gasteiger partial charge in [0.2, 0.25) is 5.88 Å². The van der Waals surface area contributed by atoms with Gasteiger partial charge in [-0.05, 0) is 31.0 Å². The summed E-state index contributed by atoms with van der Waals surface area (Å²) >= 11 is 5.37. The normalized spacial score (nSPS) is 19.9. The Morgan fingerprint density at radius 2 is 1.93 bits per heavy atom. The SMILES string of the molecule is COc1ccc(C(=O)COC2=C(C#N)C3(CCCC3)[C@@H](C#N)C(=S)N2)cc1OC. The highest BCUT2D eigenvalue weighted by molar-refractivity contribution is 7.80. The van der Waals surface area contributed by atoms with Gasteiger partial charge in [-0.3, -0.25) is 4.79 Å². The Morgan fingerprint density at radius 3 is 2.52 bits per heavy atom. The first-order chi connectivity index (χ1) is 14.0. The van der Waals surface area contributed by atoms with Crippen molar-refractivity contribution in [2.24, 2.45) is 11.3 Å². The van der Waals surface area contributed by atoms with E-state index in [0.29, 0.717) is 40.5 Å². The lowest BCUT2D eigenvalue weighted by molar-refractivity contribution is 0.0838. The molecule has 0 unspecified atom stereocenters. The largest absolute Gasteiger partial charge is 0.493 e. The predicted octanol–water partition coefficient (Wildman–Crippen LogP) is 3.27. The summed E-state index contributed by atoms with van der Waals surface area (Å²) in [5.41, 5.74) is 0.133. The van der Waals surface area contributed by atoms with Gasteiger partial charge in [0.15, 0.2) is 23.9 Å². The quantitative estimate of drug-likeness (QED) is 0.562. The van der Waals surface area contributed by atoms with Crippen LogP contribution in [0.4, 0.5) is 0 Å². The van der Waals surface area contributed by atoms with Gasteiger partial charge in [-0.1, -0.05) is 25.1 Å². The van der Waals surface area contributed by atoms with E-state index in [-0.39, 0.29) is 18.3 Å². The summed E-state index contributed by atoms with van der Waals surface area (Å²) in [6.07, 6.45) is 3.24. The van der Waals surface area contributed by atoms with E-state index < -0.39 is 11.3 Å². The second-order valence-corrected chi connectivity index (χ2v) is 7.45. The van der Waals surface area contributed by atoms with Crippen molar-refractivity contribution in [3.63, 3.8) is 0 Å². The highest BCUT2D eigenvalue weighted by Gasteiger charge is 2.51. The standard InChI is InChI=1S/C21H21N3O4S/c1-26-17-6-5-13(9-18(17)27-2)16(25)12-28-19-14(10-22)21(7-3-4-8-21)15(11-23)20(29)24-19/h5-6,9,15H,3-4,7-8,12H2,1-2H3,(H,24,29)/t15-/m0/s1. The summed E-state index contributed by atoms with van der Waals surface area (Å²) in [7, 11) is 3.01. The lowest BCUT2D eigenvalue weighted by Gasteiger charge is -2.38. The average Bonchev–Trinajstić information content (AvgIpc) is 3.21. The van der Waals surface area contributed by atoms with Crippen molar-refractivity contribution >= 4 is 23.0 Å². The third kappa shape index (κ3) is 3.64. The van der Waals surface area contributed by atoms with E-state index in [2.05, 4.69) is 17.5 Å². The number of carbonyl (C=O) groups is 1. The molecular weight excluding hydrogens is 390 g/mol. The predicted molar refractivity (Wildman–Crippen MR) is 108 cm³/mol. The number of hydrogen-bond donors (Lipinski definition) is 1. The van der Waals surface area contributed by atoms with Crippen LogP contribution >= 0.6 is 12.2 Å². The molecule has 7 nitrogen and oxygen atoms in total. The first-order valence-corrected chi connectivity index (χ1v) is 9.65. The van der Waals surface area contributed by atoms with E-state index >= 15 is 0 Å². The Labute approximate surface area is 174 Å². The zero-order chi connectivity index (χ0) is 21.0. The molecule has 1 heterocycles. The van der Waals surface area contributed by atoms with Crippen molar-refractivity contribution < 1.29 is 19.0 Å². The number of nitrogens with one attached hydrogen (secondary N) is 1. The molecule has 1 atom stereocenters. The van der Waals surface area contributed by atoms with Crippen molar-refractivity contribution in [1.29, 1.82) is 10.5 Å². The van der Waals surface area contributed by atoms with Gasteiger partial charge in [0, 0.05) is 11.0 Å². The number of hydrogen-bond acceptors (Lipinski definition) is 7. The number of thiocarbonyl (C=S) groups is 1. The van der Waals surface area contributed by atoms with Crippen LogP contribution in [0.25, 0.3) is 0 Å². The number of allylic oxidation sites excluding steroid dienone is 1. The van der Waals surface area contributed by atoms with Gasteiger partial charge in [-0.25, -0.2) is 0 Å². The molecule has 1 aromatic carbocycles. The van der Waals surface area contributed by atoms with Crippen molar-refractivity contribution in [3.8, 4) is 23.6 Å². The molecule has 2 aliphatic rings. The first-order valence-electron chi connectivity index (χ1n) is 9.24. The van der Waals surface area contributed by atoms with Gasteiger partial charge in [-0.2, -0.15) is 10.5 Å². The molecule has 0 aromatic heterocycles. The fraction of sp³-hybridized carbons (Fsp3) is 0.429. The highest BCUT2D eigenvalue weighted by Crippen LogP contribution is 2.52. The topological polar surface area (TPSA) is 104 Å². The van der Waals surface area contributed by atoms with Crippen LogP contribution in [0.1, 0.15) is 36.0 Å². The molecule has 1 spiro atoms. The van der Waals surface area contributed by atoms with Crippen LogP contribution in [-0.2, 0) is 4.74 Å². The van der Waals surface area contributed by atoms with Gasteiger partial charge in [-0.15, -0.1) is 0 Å². The number of nitriles is 2. The molecule has 8 heteroatoms. The smallest absolute Gasteiger partial charge is 0.206 e. The van der Waals surface area contributed by atoms with Crippen LogP contribution in [0.5, 0.6) is 11.5 Å². The van der Waals surface area contributed by atoms with Crippen LogP contribution in [0, 0.1) is 34.0 Å². The highest BCUT2D eigenvalue weighted by atomic mass is 32.1. The number of Topliss-reactive ketones (excluding diaryl/α,β-unsaturated/α-hetero) is 1. The summed E-state index contributed by atoms with van der Waals surface area (Å²) in [5, 5.41) is 22.3. The molecule has 1 fully saturated rings. The minimum absolute atomic E-state index is 0.180. The van der Waals surface area contributed by atoms with Crippen molar-refractivity contribution in [2.75, 3.05) is 20.8 Å². The number of methoxy groups -OCH3 is 2. The summed E-state index contributed by atoms with van der Waals surface area (Å²) in [5.74, 6) is 0.285. The molecule has 0 saturated heterocycles. The van der Waals surface area contributed by atoms with Gasteiger partial charge in [0.1, 0.15) is 17.0 Å². The number of benzene rings is 1. The van der Waals surface area contributed by atoms with Gasteiger partial charge >= 0.3 is 0 Å². The molecule has 29 heavy (non-hydrogen) atoms. The molecule has 0 radical (unpaired) electrons. The Bertz CT molecular complexity index is 952. The van der Waals surface area contributed by atoms with E-state index in [4.69, 9.17) is 26.4 Å². The lowest BCUT2D eigenvalue weighted by Crippen LogP contribution is -2.46. The van der Waals surface area contributed by atoms with Crippen LogP contribution < -0.4 is 14.8 Å². The molecule has 3 rings (SSSR count). The van der Waals surface area contributed by atoms with Crippen molar-refractivity contribution in [2.45, 2.75) is 25.7 Å². The number of ketones is 1. The minimum Gasteiger partial charge on any atom is -0.493 e. The summed E-state index contributed by atoms with van der Waals surface area (Å²) in [6.45, 7) is -0.279. The van der Waals surface area contributed by atoms with Gasteiger partial charge in [0.05, 0.1) is 25.9 Å². The Kier molecular flexibility index (Phi) is 6.05. The van der Waals surface area contributed by atoms with E-state index in [1.807, 2.05) is 0 Å². The molecule has 1 N–H and O–H groups in total. The number of rotatable bonds is 6. The van der Waals surface area contributed by atoms with Gasteiger partial charge < -0.3 is 19.5 Å². The van der Waals surface area contributed by atoms with Crippen LogP contribution in [0.15, 0.2) is 29.7 Å². The third-order valence-corrected chi connectivity index (χ3v) is 5.90.